The number of hydrogen-bond acceptors (Lipinski definition) is 9. The fourth-order valence-corrected chi connectivity index (χ4v) is 6.37. The lowest BCUT2D eigenvalue weighted by atomic mass is 9.88. The standard InChI is InChI=1S/C29H29BrClF2N5O6/c1-43-27-25(37-12-20(35-36-37)15-8-18(32)24(30)19(33)9-15)26(41)23(13-39)44-28(27)29(42)38(21-4-2-3-5-22(21)40)17-7-14(11-34)6-16(31)10-17/h6-10,12,21-23,25-28,39-41H,2-5,13H2,1H3/t21-,22-,23+,25-,26-,27+,28+/m0/s1. The predicted molar refractivity (Wildman–Crippen MR) is 157 cm³/mol. The molecule has 2 aromatic carbocycles. The molecule has 1 aliphatic heterocycles. The number of benzene rings is 2. The molecule has 3 N–H and O–H groups in total. The van der Waals surface area contributed by atoms with Crippen molar-refractivity contribution in [3.63, 3.8) is 0 Å². The van der Waals surface area contributed by atoms with Crippen LogP contribution in [0.2, 0.25) is 5.02 Å². The Labute approximate surface area is 264 Å². The highest BCUT2D eigenvalue weighted by Crippen LogP contribution is 2.37. The Morgan fingerprint density at radius 3 is 2.57 bits per heavy atom. The second kappa shape index (κ2) is 13.5. The van der Waals surface area contributed by atoms with Crippen LogP contribution in [0.4, 0.5) is 14.5 Å². The number of aliphatic hydroxyl groups excluding tert-OH is 3. The van der Waals surface area contributed by atoms with Crippen LogP contribution in [-0.4, -0.2) is 86.5 Å². The van der Waals surface area contributed by atoms with Gasteiger partial charge in [0, 0.05) is 23.4 Å². The van der Waals surface area contributed by atoms with Gasteiger partial charge >= 0.3 is 0 Å². The van der Waals surface area contributed by atoms with E-state index in [2.05, 4.69) is 26.2 Å². The summed E-state index contributed by atoms with van der Waals surface area (Å²) in [7, 11) is 1.30. The van der Waals surface area contributed by atoms with E-state index >= 15 is 0 Å². The fourth-order valence-electron chi connectivity index (χ4n) is 5.91. The van der Waals surface area contributed by atoms with Gasteiger partial charge in [-0.25, -0.2) is 13.5 Å². The molecule has 234 valence electrons. The van der Waals surface area contributed by atoms with Crippen LogP contribution in [0, 0.1) is 23.0 Å². The first kappa shape index (κ1) is 32.4. The molecule has 2 heterocycles. The van der Waals surface area contributed by atoms with Crippen LogP contribution in [0.1, 0.15) is 37.3 Å². The number of amides is 1. The molecule has 2 aliphatic rings. The smallest absolute Gasteiger partial charge is 0.259 e. The van der Waals surface area contributed by atoms with Crippen molar-refractivity contribution in [1.82, 2.24) is 15.0 Å². The second-order valence-electron chi connectivity index (χ2n) is 10.7. The lowest BCUT2D eigenvalue weighted by Crippen LogP contribution is -2.63. The molecule has 44 heavy (non-hydrogen) atoms. The Kier molecular flexibility index (Phi) is 9.96. The average molecular weight is 697 g/mol. The highest BCUT2D eigenvalue weighted by atomic mass is 79.9. The summed E-state index contributed by atoms with van der Waals surface area (Å²) in [5.41, 5.74) is 0.597. The molecule has 0 bridgehead atoms. The predicted octanol–water partition coefficient (Wildman–Crippen LogP) is 3.52. The Morgan fingerprint density at radius 1 is 1.23 bits per heavy atom. The zero-order chi connectivity index (χ0) is 31.7. The molecule has 0 radical (unpaired) electrons. The molecular formula is C29H29BrClF2N5O6. The van der Waals surface area contributed by atoms with Crippen molar-refractivity contribution in [1.29, 1.82) is 5.26 Å². The van der Waals surface area contributed by atoms with Gasteiger partial charge in [-0.05, 0) is 59.1 Å². The highest BCUT2D eigenvalue weighted by molar-refractivity contribution is 9.10. The molecule has 0 unspecified atom stereocenters. The van der Waals surface area contributed by atoms with Gasteiger partial charge in [-0.1, -0.05) is 29.7 Å². The molecule has 1 saturated carbocycles. The van der Waals surface area contributed by atoms with Crippen molar-refractivity contribution >= 4 is 39.1 Å². The number of anilines is 1. The first-order valence-electron chi connectivity index (χ1n) is 13.8. The molecule has 1 amide bonds. The maximum atomic E-state index is 14.5. The number of rotatable bonds is 7. The van der Waals surface area contributed by atoms with Crippen molar-refractivity contribution in [3.8, 4) is 17.3 Å². The number of hydrogen-bond donors (Lipinski definition) is 3. The third kappa shape index (κ3) is 6.23. The van der Waals surface area contributed by atoms with Gasteiger partial charge in [0.2, 0.25) is 0 Å². The van der Waals surface area contributed by atoms with Gasteiger partial charge in [0.15, 0.2) is 6.10 Å². The first-order chi connectivity index (χ1) is 21.1. The molecule has 2 fully saturated rings. The van der Waals surface area contributed by atoms with E-state index < -0.39 is 66.8 Å². The van der Waals surface area contributed by atoms with E-state index in [1.54, 1.807) is 0 Å². The number of nitrogens with zero attached hydrogens (tertiary/aromatic N) is 5. The Morgan fingerprint density at radius 2 is 1.93 bits per heavy atom. The van der Waals surface area contributed by atoms with Gasteiger partial charge < -0.3 is 29.7 Å². The summed E-state index contributed by atoms with van der Waals surface area (Å²) < 4.78 is 41.0. The Balaban J connectivity index is 1.56. The van der Waals surface area contributed by atoms with E-state index in [0.717, 1.165) is 25.0 Å². The highest BCUT2D eigenvalue weighted by Gasteiger charge is 2.52. The molecule has 1 aliphatic carbocycles. The molecule has 0 spiro atoms. The Hall–Kier alpha value is -3.03. The maximum absolute atomic E-state index is 14.5. The van der Waals surface area contributed by atoms with Gasteiger partial charge in [0.05, 0.1) is 41.1 Å². The molecule has 5 rings (SSSR count). The minimum atomic E-state index is -1.45. The van der Waals surface area contributed by atoms with E-state index in [4.69, 9.17) is 21.1 Å². The minimum Gasteiger partial charge on any atom is -0.394 e. The topological polar surface area (TPSA) is 154 Å². The van der Waals surface area contributed by atoms with Crippen LogP contribution >= 0.6 is 27.5 Å². The summed E-state index contributed by atoms with van der Waals surface area (Å²) in [6.45, 7) is -0.676. The van der Waals surface area contributed by atoms with Gasteiger partial charge in [0.1, 0.15) is 41.7 Å². The van der Waals surface area contributed by atoms with Crippen LogP contribution in [-0.2, 0) is 14.3 Å². The maximum Gasteiger partial charge on any atom is 0.259 e. The van der Waals surface area contributed by atoms with Crippen molar-refractivity contribution in [2.75, 3.05) is 18.6 Å². The van der Waals surface area contributed by atoms with E-state index in [-0.39, 0.29) is 32.0 Å². The number of halogens is 4. The monoisotopic (exact) mass is 695 g/mol. The number of ether oxygens (including phenoxy) is 2. The number of aliphatic hydroxyl groups is 3. The number of aromatic nitrogens is 3. The third-order valence-corrected chi connectivity index (χ3v) is 9.01. The van der Waals surface area contributed by atoms with Crippen molar-refractivity contribution < 1.29 is 38.4 Å². The van der Waals surface area contributed by atoms with Crippen molar-refractivity contribution in [2.45, 2.75) is 68.3 Å². The summed E-state index contributed by atoms with van der Waals surface area (Å²) in [6, 6.07) is 6.72. The lowest BCUT2D eigenvalue weighted by molar-refractivity contribution is -0.211. The molecule has 1 aromatic heterocycles. The van der Waals surface area contributed by atoms with Crippen LogP contribution in [0.5, 0.6) is 0 Å². The summed E-state index contributed by atoms with van der Waals surface area (Å²) in [6.07, 6.45) is -2.55. The summed E-state index contributed by atoms with van der Waals surface area (Å²) >= 11 is 9.13. The second-order valence-corrected chi connectivity index (χ2v) is 12.0. The van der Waals surface area contributed by atoms with Gasteiger partial charge in [-0.2, -0.15) is 5.26 Å². The normalized spacial score (nSPS) is 27.1. The van der Waals surface area contributed by atoms with E-state index in [1.807, 2.05) is 6.07 Å². The van der Waals surface area contributed by atoms with Crippen molar-refractivity contribution in [3.05, 3.63) is 63.2 Å². The van der Waals surface area contributed by atoms with Gasteiger partial charge in [0.25, 0.3) is 5.91 Å². The molecule has 11 nitrogen and oxygen atoms in total. The number of carbonyl (C=O) groups excluding carboxylic acids is 1. The number of nitriles is 1. The first-order valence-corrected chi connectivity index (χ1v) is 15.0. The molecule has 15 heteroatoms. The van der Waals surface area contributed by atoms with Crippen LogP contribution in [0.3, 0.4) is 0 Å². The summed E-state index contributed by atoms with van der Waals surface area (Å²) in [4.78, 5) is 15.8. The van der Waals surface area contributed by atoms with Gasteiger partial charge in [-0.3, -0.25) is 4.79 Å². The van der Waals surface area contributed by atoms with E-state index in [9.17, 15) is 34.2 Å². The zero-order valence-corrected chi connectivity index (χ0v) is 25.7. The molecule has 7 atom stereocenters. The summed E-state index contributed by atoms with van der Waals surface area (Å²) in [5, 5.41) is 50.2. The van der Waals surface area contributed by atoms with Crippen LogP contribution < -0.4 is 4.90 Å². The lowest BCUT2D eigenvalue weighted by Gasteiger charge is -2.46. The fraction of sp³-hybridized carbons (Fsp3) is 0.448. The SMILES string of the molecule is CO[C@@H]1[C@@H](n2cc(-c3cc(F)c(Br)c(F)c3)nn2)[C@@H](O)[C@@H](CO)O[C@H]1C(=O)N(c1cc(Cl)cc(C#N)c1)[C@H]1CCCC[C@@H]1O. The number of methoxy groups -OCH3 is 1. The molecule has 3 aromatic rings. The van der Waals surface area contributed by atoms with Gasteiger partial charge in [-0.15, -0.1) is 5.10 Å². The molecule has 1 saturated heterocycles. The van der Waals surface area contributed by atoms with Crippen LogP contribution in [0.25, 0.3) is 11.3 Å². The van der Waals surface area contributed by atoms with Crippen LogP contribution in [0.15, 0.2) is 41.0 Å². The van der Waals surface area contributed by atoms with Crippen molar-refractivity contribution in [2.24, 2.45) is 0 Å². The largest absolute Gasteiger partial charge is 0.394 e. The quantitative estimate of drug-likeness (QED) is 0.315. The molecular weight excluding hydrogens is 668 g/mol. The Bertz CT molecular complexity index is 1550. The van der Waals surface area contributed by atoms with E-state index in [1.165, 1.54) is 41.1 Å². The van der Waals surface area contributed by atoms with E-state index in [0.29, 0.717) is 12.8 Å². The zero-order valence-electron chi connectivity index (χ0n) is 23.4. The third-order valence-electron chi connectivity index (χ3n) is 8.03. The average Bonchev–Trinajstić information content (AvgIpc) is 3.50. The number of carbonyl (C=O) groups is 1. The minimum absolute atomic E-state index is 0.0715. The summed E-state index contributed by atoms with van der Waals surface area (Å²) in [5.74, 6) is -2.37.